The van der Waals surface area contributed by atoms with E-state index in [2.05, 4.69) is 10.6 Å². The van der Waals surface area contributed by atoms with Crippen LogP contribution in [0.3, 0.4) is 0 Å². The van der Waals surface area contributed by atoms with Crippen molar-refractivity contribution in [3.8, 4) is 11.5 Å². The van der Waals surface area contributed by atoms with E-state index in [-0.39, 0.29) is 24.2 Å². The number of ether oxygens (including phenoxy) is 3. The Balaban J connectivity index is 1.55. The first-order chi connectivity index (χ1) is 11.1. The van der Waals surface area contributed by atoms with E-state index < -0.39 is 0 Å². The van der Waals surface area contributed by atoms with E-state index in [1.54, 1.807) is 0 Å². The van der Waals surface area contributed by atoms with E-state index in [0.29, 0.717) is 13.2 Å². The monoisotopic (exact) mass is 320 g/mol. The van der Waals surface area contributed by atoms with Crippen LogP contribution in [0.4, 0.5) is 4.79 Å². The zero-order valence-electron chi connectivity index (χ0n) is 13.6. The van der Waals surface area contributed by atoms with Crippen LogP contribution in [0.15, 0.2) is 18.2 Å². The molecule has 2 aliphatic heterocycles. The Morgan fingerprint density at radius 3 is 2.65 bits per heavy atom. The van der Waals surface area contributed by atoms with Crippen LogP contribution < -0.4 is 20.1 Å². The molecule has 1 saturated heterocycles. The summed E-state index contributed by atoms with van der Waals surface area (Å²) < 4.78 is 16.7. The maximum absolute atomic E-state index is 12.1. The number of urea groups is 1. The van der Waals surface area contributed by atoms with Gasteiger partial charge in [-0.3, -0.25) is 0 Å². The van der Waals surface area contributed by atoms with Gasteiger partial charge in [0.05, 0.1) is 18.2 Å². The molecule has 0 saturated carbocycles. The molecule has 6 nitrogen and oxygen atoms in total. The lowest BCUT2D eigenvalue weighted by molar-refractivity contribution is 0.0859. The Hall–Kier alpha value is -1.95. The number of hydrogen-bond acceptors (Lipinski definition) is 4. The summed E-state index contributed by atoms with van der Waals surface area (Å²) in [5.41, 5.74) is 0.981. The summed E-state index contributed by atoms with van der Waals surface area (Å²) in [5.74, 6) is 1.49. The van der Waals surface area contributed by atoms with Crippen LogP contribution in [0.25, 0.3) is 0 Å². The summed E-state index contributed by atoms with van der Waals surface area (Å²) in [6, 6.07) is 5.45. The van der Waals surface area contributed by atoms with Gasteiger partial charge >= 0.3 is 6.03 Å². The van der Waals surface area contributed by atoms with Gasteiger partial charge in [0.1, 0.15) is 13.2 Å². The van der Waals surface area contributed by atoms with Crippen LogP contribution in [0.2, 0.25) is 0 Å². The SMILES string of the molecule is C[C@H](NC(=O)N[C@@H](C)[C@@H]1CCCO1)c1ccc2c(c1)OCCO2. The highest BCUT2D eigenvalue weighted by atomic mass is 16.6. The van der Waals surface area contributed by atoms with Crippen LogP contribution in [0, 0.1) is 0 Å². The molecule has 0 aromatic heterocycles. The Kier molecular flexibility index (Phi) is 4.91. The standard InChI is InChI=1S/C17H24N2O4/c1-11(13-5-6-15-16(10-13)23-9-8-22-15)18-17(20)19-12(2)14-4-3-7-21-14/h5-6,10-12,14H,3-4,7-9H2,1-2H3,(H2,18,19,20)/t11-,12-,14-/m0/s1. The van der Waals surface area contributed by atoms with Gasteiger partial charge in [0, 0.05) is 6.61 Å². The van der Waals surface area contributed by atoms with E-state index in [4.69, 9.17) is 14.2 Å². The van der Waals surface area contributed by atoms with Crippen LogP contribution in [0.5, 0.6) is 11.5 Å². The lowest BCUT2D eigenvalue weighted by Crippen LogP contribution is -2.46. The van der Waals surface area contributed by atoms with Crippen molar-refractivity contribution < 1.29 is 19.0 Å². The van der Waals surface area contributed by atoms with Crippen molar-refractivity contribution in [2.75, 3.05) is 19.8 Å². The highest BCUT2D eigenvalue weighted by Crippen LogP contribution is 2.32. The molecule has 23 heavy (non-hydrogen) atoms. The van der Waals surface area contributed by atoms with Gasteiger partial charge in [-0.15, -0.1) is 0 Å². The minimum atomic E-state index is -0.185. The summed E-state index contributed by atoms with van der Waals surface area (Å²) in [4.78, 5) is 12.1. The molecule has 3 rings (SSSR count). The molecule has 1 aromatic rings. The summed E-state index contributed by atoms with van der Waals surface area (Å²) >= 11 is 0. The number of carbonyl (C=O) groups is 1. The van der Waals surface area contributed by atoms with Gasteiger partial charge in [0.15, 0.2) is 11.5 Å². The number of amides is 2. The molecule has 1 aromatic carbocycles. The minimum absolute atomic E-state index is 0.00460. The largest absolute Gasteiger partial charge is 0.486 e. The molecular formula is C17H24N2O4. The summed E-state index contributed by atoms with van der Waals surface area (Å²) in [6.45, 7) is 5.83. The van der Waals surface area contributed by atoms with Gasteiger partial charge < -0.3 is 24.8 Å². The minimum Gasteiger partial charge on any atom is -0.486 e. The predicted molar refractivity (Wildman–Crippen MR) is 86.0 cm³/mol. The molecule has 2 amide bonds. The van der Waals surface area contributed by atoms with Crippen LogP contribution in [-0.4, -0.2) is 38.0 Å². The Bertz CT molecular complexity index is 558. The Morgan fingerprint density at radius 1 is 1.13 bits per heavy atom. The Labute approximate surface area is 136 Å². The number of nitrogens with one attached hydrogen (secondary N) is 2. The van der Waals surface area contributed by atoms with Crippen LogP contribution in [-0.2, 0) is 4.74 Å². The first kappa shape index (κ1) is 15.9. The Morgan fingerprint density at radius 2 is 1.91 bits per heavy atom. The molecule has 0 spiro atoms. The molecule has 2 heterocycles. The first-order valence-electron chi connectivity index (χ1n) is 8.21. The molecule has 0 bridgehead atoms. The van der Waals surface area contributed by atoms with Gasteiger partial charge in [-0.1, -0.05) is 6.07 Å². The fraction of sp³-hybridized carbons (Fsp3) is 0.588. The van der Waals surface area contributed by atoms with E-state index in [0.717, 1.165) is 36.5 Å². The lowest BCUT2D eigenvalue weighted by Gasteiger charge is -2.23. The second-order valence-electron chi connectivity index (χ2n) is 6.08. The molecule has 3 atom stereocenters. The molecule has 0 radical (unpaired) electrons. The van der Waals surface area contributed by atoms with Gasteiger partial charge in [0.25, 0.3) is 0 Å². The van der Waals surface area contributed by atoms with Crippen molar-refractivity contribution in [2.24, 2.45) is 0 Å². The number of hydrogen-bond donors (Lipinski definition) is 2. The molecule has 0 aliphatic carbocycles. The van der Waals surface area contributed by atoms with Gasteiger partial charge in [0.2, 0.25) is 0 Å². The van der Waals surface area contributed by atoms with E-state index in [1.807, 2.05) is 32.0 Å². The van der Waals surface area contributed by atoms with Crippen molar-refractivity contribution in [3.05, 3.63) is 23.8 Å². The third kappa shape index (κ3) is 3.88. The van der Waals surface area contributed by atoms with E-state index in [1.165, 1.54) is 0 Å². The number of benzene rings is 1. The summed E-state index contributed by atoms with van der Waals surface area (Å²) in [7, 11) is 0. The zero-order valence-corrected chi connectivity index (χ0v) is 13.6. The van der Waals surface area contributed by atoms with Crippen LogP contribution in [0.1, 0.15) is 38.3 Å². The summed E-state index contributed by atoms with van der Waals surface area (Å²) in [5, 5.41) is 5.91. The third-order valence-corrected chi connectivity index (χ3v) is 4.30. The van der Waals surface area contributed by atoms with Crippen molar-refractivity contribution in [1.29, 1.82) is 0 Å². The predicted octanol–water partition coefficient (Wildman–Crippen LogP) is 2.39. The quantitative estimate of drug-likeness (QED) is 0.894. The van der Waals surface area contributed by atoms with Gasteiger partial charge in [-0.05, 0) is 44.4 Å². The van der Waals surface area contributed by atoms with Crippen LogP contribution >= 0.6 is 0 Å². The zero-order chi connectivity index (χ0) is 16.2. The summed E-state index contributed by atoms with van der Waals surface area (Å²) in [6.07, 6.45) is 2.18. The average Bonchev–Trinajstić information content (AvgIpc) is 3.08. The second kappa shape index (κ2) is 7.08. The fourth-order valence-corrected chi connectivity index (χ4v) is 2.95. The number of carbonyl (C=O) groups excluding carboxylic acids is 1. The molecule has 6 heteroatoms. The van der Waals surface area contributed by atoms with Crippen molar-refractivity contribution in [3.63, 3.8) is 0 Å². The normalized spacial score (nSPS) is 22.3. The average molecular weight is 320 g/mol. The third-order valence-electron chi connectivity index (χ3n) is 4.30. The van der Waals surface area contributed by atoms with Crippen molar-refractivity contribution in [2.45, 2.75) is 44.9 Å². The molecular weight excluding hydrogens is 296 g/mol. The van der Waals surface area contributed by atoms with Crippen molar-refractivity contribution in [1.82, 2.24) is 10.6 Å². The van der Waals surface area contributed by atoms with Gasteiger partial charge in [-0.2, -0.15) is 0 Å². The highest BCUT2D eigenvalue weighted by Gasteiger charge is 2.24. The fourth-order valence-electron chi connectivity index (χ4n) is 2.95. The molecule has 2 aliphatic rings. The molecule has 1 fully saturated rings. The topological polar surface area (TPSA) is 68.8 Å². The maximum Gasteiger partial charge on any atom is 0.315 e. The second-order valence-corrected chi connectivity index (χ2v) is 6.08. The smallest absolute Gasteiger partial charge is 0.315 e. The molecule has 126 valence electrons. The van der Waals surface area contributed by atoms with E-state index in [9.17, 15) is 4.79 Å². The number of fused-ring (bicyclic) bond motifs is 1. The first-order valence-corrected chi connectivity index (χ1v) is 8.21. The van der Waals surface area contributed by atoms with Crippen molar-refractivity contribution >= 4 is 6.03 Å². The number of rotatable bonds is 4. The molecule has 2 N–H and O–H groups in total. The maximum atomic E-state index is 12.1. The van der Waals surface area contributed by atoms with Gasteiger partial charge in [-0.25, -0.2) is 4.79 Å². The highest BCUT2D eigenvalue weighted by molar-refractivity contribution is 5.74. The lowest BCUT2D eigenvalue weighted by atomic mass is 10.1. The molecule has 0 unspecified atom stereocenters. The van der Waals surface area contributed by atoms with E-state index >= 15 is 0 Å².